The van der Waals surface area contributed by atoms with Crippen LogP contribution in [0.1, 0.15) is 36.5 Å². The number of nitrogens with zero attached hydrogens (tertiary/aromatic N) is 3. The Bertz CT molecular complexity index is 1690. The summed E-state index contributed by atoms with van der Waals surface area (Å²) in [6, 6.07) is 10.8. The number of halogens is 6. The van der Waals surface area contributed by atoms with Gasteiger partial charge < -0.3 is 15.5 Å². The number of carbonyl (C=O) groups excluding carboxylic acids is 1. The number of aliphatic hydroxyl groups is 2. The molecule has 2 aliphatic heterocycles. The Hall–Kier alpha value is -4.54. The highest BCUT2D eigenvalue weighted by Gasteiger charge is 2.52. The number of benzene rings is 3. The van der Waals surface area contributed by atoms with E-state index >= 15 is 0 Å². The van der Waals surface area contributed by atoms with E-state index < -0.39 is 70.3 Å². The highest BCUT2D eigenvalue weighted by atomic mass is 19.4. The van der Waals surface area contributed by atoms with Crippen molar-refractivity contribution in [2.24, 2.45) is 0 Å². The average Bonchev–Trinajstić information content (AvgIpc) is 3.35. The molecule has 2 aliphatic rings. The number of aliphatic hydroxyl groups excluding tert-OH is 2. The van der Waals surface area contributed by atoms with Crippen LogP contribution in [0.4, 0.5) is 32.0 Å². The van der Waals surface area contributed by atoms with Crippen molar-refractivity contribution in [3.8, 4) is 17.2 Å². The molecule has 7 nitrogen and oxygen atoms in total. The number of rotatable bonds is 6. The molecule has 0 bridgehead atoms. The van der Waals surface area contributed by atoms with Gasteiger partial charge in [-0.3, -0.25) is 9.80 Å². The summed E-state index contributed by atoms with van der Waals surface area (Å²) in [6.07, 6.45) is -6.00. The topological polar surface area (TPSA) is 99.8 Å². The second-order valence-electron chi connectivity index (χ2n) is 10.4. The van der Waals surface area contributed by atoms with E-state index in [1.54, 1.807) is 13.0 Å². The predicted octanol–water partition coefficient (Wildman–Crippen LogP) is 6.02. The van der Waals surface area contributed by atoms with Crippen molar-refractivity contribution in [1.82, 2.24) is 10.0 Å². The van der Waals surface area contributed by atoms with Crippen molar-refractivity contribution in [2.45, 2.75) is 44.3 Å². The number of carbonyl (C=O) groups is 1. The summed E-state index contributed by atoms with van der Waals surface area (Å²) < 4.78 is 83.8. The van der Waals surface area contributed by atoms with Crippen molar-refractivity contribution >= 4 is 11.6 Å². The lowest BCUT2D eigenvalue weighted by molar-refractivity contribution is -0.161. The van der Waals surface area contributed by atoms with Gasteiger partial charge in [-0.25, -0.2) is 18.2 Å². The summed E-state index contributed by atoms with van der Waals surface area (Å²) in [7, 11) is 0. The first-order valence-electron chi connectivity index (χ1n) is 13.1. The Morgan fingerprint density at radius 3 is 2.47 bits per heavy atom. The number of nitriles is 1. The van der Waals surface area contributed by atoms with Gasteiger partial charge in [-0.1, -0.05) is 24.3 Å². The van der Waals surface area contributed by atoms with E-state index in [1.165, 1.54) is 29.3 Å². The minimum atomic E-state index is -4.81. The number of fused-ring (bicyclic) bond motifs is 1. The van der Waals surface area contributed by atoms with Gasteiger partial charge in [0.1, 0.15) is 23.2 Å². The van der Waals surface area contributed by atoms with E-state index in [0.717, 1.165) is 23.2 Å². The van der Waals surface area contributed by atoms with Crippen molar-refractivity contribution in [1.29, 1.82) is 5.26 Å². The maximum atomic E-state index is 14.6. The fourth-order valence-electron chi connectivity index (χ4n) is 5.60. The second kappa shape index (κ2) is 10.9. The van der Waals surface area contributed by atoms with Crippen LogP contribution in [0.5, 0.6) is 0 Å². The fraction of sp³-hybridized carbons (Fsp3) is 0.267. The van der Waals surface area contributed by atoms with Crippen molar-refractivity contribution < 1.29 is 41.4 Å². The fourth-order valence-corrected chi connectivity index (χ4v) is 5.60. The molecule has 0 spiro atoms. The van der Waals surface area contributed by atoms with Crippen LogP contribution in [0.3, 0.4) is 0 Å². The Morgan fingerprint density at radius 1 is 1.07 bits per heavy atom. The lowest BCUT2D eigenvalue weighted by Crippen LogP contribution is -2.61. The summed E-state index contributed by atoms with van der Waals surface area (Å²) >= 11 is 0. The zero-order valence-electron chi connectivity index (χ0n) is 22.5. The van der Waals surface area contributed by atoms with Crippen LogP contribution in [0.15, 0.2) is 65.9 Å². The first-order valence-corrected chi connectivity index (χ1v) is 13.1. The van der Waals surface area contributed by atoms with Gasteiger partial charge in [0.05, 0.1) is 23.2 Å². The molecular formula is C30H24F6N4O3. The predicted molar refractivity (Wildman–Crippen MR) is 142 cm³/mol. The molecule has 3 aromatic rings. The molecule has 3 N–H and O–H groups in total. The minimum Gasteiger partial charge on any atom is -0.510 e. The summed E-state index contributed by atoms with van der Waals surface area (Å²) in [5.74, 6) is -4.76. The van der Waals surface area contributed by atoms with E-state index in [4.69, 9.17) is 0 Å². The number of anilines is 1. The van der Waals surface area contributed by atoms with Crippen LogP contribution >= 0.6 is 0 Å². The maximum Gasteiger partial charge on any atom is 0.416 e. The number of hydrazine groups is 1. The smallest absolute Gasteiger partial charge is 0.416 e. The number of amides is 1. The van der Waals surface area contributed by atoms with Gasteiger partial charge in [0.15, 0.2) is 17.9 Å². The Morgan fingerprint density at radius 2 is 1.77 bits per heavy atom. The monoisotopic (exact) mass is 602 g/mol. The van der Waals surface area contributed by atoms with Gasteiger partial charge in [0.25, 0.3) is 5.91 Å². The molecule has 224 valence electrons. The first kappa shape index (κ1) is 29.9. The molecule has 1 amide bonds. The maximum absolute atomic E-state index is 14.6. The molecule has 1 fully saturated rings. The Balaban J connectivity index is 1.58. The first-order chi connectivity index (χ1) is 20.3. The largest absolute Gasteiger partial charge is 0.510 e. The standard InChI is InChI=1S/C30H24F6N4O3/c1-29-11-4-12-40(29)39(15-16-5-2-8-22(32)25(16)33)28(43)24(26(29)41)27(42)38-23-10-9-17(30(34,35)36)13-19(23)18-6-3-7-21(31)20(18)14-37/h2-3,5-10,13,27,38,41-42H,4,11-12,15H2,1H3. The third-order valence-electron chi connectivity index (χ3n) is 7.80. The second-order valence-corrected chi connectivity index (χ2v) is 10.4. The lowest BCUT2D eigenvalue weighted by atomic mass is 9.90. The summed E-state index contributed by atoms with van der Waals surface area (Å²) in [6.45, 7) is 1.43. The van der Waals surface area contributed by atoms with Gasteiger partial charge in [-0.15, -0.1) is 0 Å². The van der Waals surface area contributed by atoms with E-state index in [1.807, 2.05) is 0 Å². The highest BCUT2D eigenvalue weighted by Crippen LogP contribution is 2.43. The minimum absolute atomic E-state index is 0.161. The molecule has 13 heteroatoms. The molecule has 0 saturated carbocycles. The zero-order valence-corrected chi connectivity index (χ0v) is 22.5. The molecule has 0 radical (unpaired) electrons. The number of hydrogen-bond acceptors (Lipinski definition) is 6. The molecule has 0 aliphatic carbocycles. The van der Waals surface area contributed by atoms with Crippen molar-refractivity contribution in [2.75, 3.05) is 11.9 Å². The van der Waals surface area contributed by atoms with Crippen LogP contribution in [0.2, 0.25) is 0 Å². The Kier molecular flexibility index (Phi) is 7.62. The van der Waals surface area contributed by atoms with E-state index in [9.17, 15) is 46.6 Å². The molecule has 3 aromatic carbocycles. The molecule has 5 rings (SSSR count). The molecule has 2 unspecified atom stereocenters. The molecule has 2 heterocycles. The third-order valence-corrected chi connectivity index (χ3v) is 7.80. The number of hydrogen-bond donors (Lipinski definition) is 3. The zero-order chi connectivity index (χ0) is 31.3. The summed E-state index contributed by atoms with van der Waals surface area (Å²) in [5.41, 5.74) is -4.35. The molecule has 0 aromatic heterocycles. The van der Waals surface area contributed by atoms with Crippen LogP contribution in [0, 0.1) is 28.8 Å². The van der Waals surface area contributed by atoms with Crippen LogP contribution in [-0.2, 0) is 17.5 Å². The van der Waals surface area contributed by atoms with Crippen LogP contribution < -0.4 is 5.32 Å². The average molecular weight is 603 g/mol. The van der Waals surface area contributed by atoms with E-state index in [2.05, 4.69) is 5.32 Å². The normalized spacial score (nSPS) is 19.8. The van der Waals surface area contributed by atoms with Gasteiger partial charge in [-0.05, 0) is 50.1 Å². The molecule has 2 atom stereocenters. The van der Waals surface area contributed by atoms with Crippen molar-refractivity contribution in [3.63, 3.8) is 0 Å². The highest BCUT2D eigenvalue weighted by molar-refractivity contribution is 5.97. The van der Waals surface area contributed by atoms with E-state index in [0.29, 0.717) is 25.0 Å². The van der Waals surface area contributed by atoms with Crippen molar-refractivity contribution in [3.05, 3.63) is 100 Å². The summed E-state index contributed by atoms with van der Waals surface area (Å²) in [5, 5.41) is 37.2. The Labute approximate surface area is 241 Å². The third kappa shape index (κ3) is 5.17. The summed E-state index contributed by atoms with van der Waals surface area (Å²) in [4.78, 5) is 13.7. The van der Waals surface area contributed by atoms with Gasteiger partial charge in [0, 0.05) is 28.9 Å². The van der Waals surface area contributed by atoms with Gasteiger partial charge in [-0.2, -0.15) is 18.4 Å². The van der Waals surface area contributed by atoms with Gasteiger partial charge >= 0.3 is 6.18 Å². The van der Waals surface area contributed by atoms with Gasteiger partial charge in [0.2, 0.25) is 0 Å². The molecule has 43 heavy (non-hydrogen) atoms. The quantitative estimate of drug-likeness (QED) is 0.236. The molecule has 1 saturated heterocycles. The number of alkyl halides is 3. The molecular weight excluding hydrogens is 578 g/mol. The van der Waals surface area contributed by atoms with Crippen LogP contribution in [0.25, 0.3) is 11.1 Å². The number of nitrogens with one attached hydrogen (secondary N) is 1. The van der Waals surface area contributed by atoms with E-state index in [-0.39, 0.29) is 28.9 Å². The lowest BCUT2D eigenvalue weighted by Gasteiger charge is -2.47. The van der Waals surface area contributed by atoms with Crippen LogP contribution in [-0.4, -0.2) is 44.4 Å². The SMILES string of the molecule is CC12CCCN1N(Cc1cccc(F)c1F)C(=O)C(C(O)Nc1ccc(C(F)(F)F)cc1-c1cccc(F)c1C#N)=C2O.